The highest BCUT2D eigenvalue weighted by Crippen LogP contribution is 2.31. The van der Waals surface area contributed by atoms with Crippen molar-refractivity contribution in [3.05, 3.63) is 66.6 Å². The molecular weight excluding hydrogens is 288 g/mol. The average molecular weight is 310 g/mol. The van der Waals surface area contributed by atoms with Crippen molar-refractivity contribution in [3.8, 4) is 22.6 Å². The van der Waals surface area contributed by atoms with E-state index in [9.17, 15) is 0 Å². The normalized spacial score (nSPS) is 10.3. The topological polar surface area (TPSA) is 49.5 Å². The third-order valence-corrected chi connectivity index (χ3v) is 3.27. The molecule has 0 aliphatic carbocycles. The van der Waals surface area contributed by atoms with Gasteiger partial charge in [-0.05, 0) is 31.3 Å². The van der Waals surface area contributed by atoms with Crippen LogP contribution in [0.4, 0.5) is 0 Å². The molecule has 0 radical (unpaired) electrons. The van der Waals surface area contributed by atoms with Gasteiger partial charge in [-0.2, -0.15) is 0 Å². The van der Waals surface area contributed by atoms with Crippen LogP contribution in [0.25, 0.3) is 22.6 Å². The smallest absolute Gasteiger partial charge is 0.226 e. The average Bonchev–Trinajstić information content (AvgIpc) is 3.05. The van der Waals surface area contributed by atoms with Crippen LogP contribution in [0.1, 0.15) is 5.76 Å². The first-order valence-corrected chi connectivity index (χ1v) is 7.43. The second-order valence-electron chi connectivity index (χ2n) is 5.28. The second-order valence-corrected chi connectivity index (χ2v) is 5.28. The molecule has 2 aromatic carbocycles. The highest BCUT2D eigenvalue weighted by Gasteiger charge is 2.12. The summed E-state index contributed by atoms with van der Waals surface area (Å²) in [5.74, 6) is 1.55. The van der Waals surface area contributed by atoms with Gasteiger partial charge < -0.3 is 14.4 Å². The summed E-state index contributed by atoms with van der Waals surface area (Å²) in [5, 5.41) is 7.00. The van der Waals surface area contributed by atoms with Crippen molar-refractivity contribution in [2.24, 2.45) is 0 Å². The van der Waals surface area contributed by atoms with Crippen molar-refractivity contribution in [1.29, 1.82) is 0 Å². The summed E-state index contributed by atoms with van der Waals surface area (Å²) in [6, 6.07) is 18.5. The fourth-order valence-corrected chi connectivity index (χ4v) is 2.36. The molecule has 3 rings (SSSR count). The number of aliphatic hydroxyl groups is 1. The van der Waals surface area contributed by atoms with Crippen molar-refractivity contribution < 1.29 is 9.52 Å². The van der Waals surface area contributed by atoms with Gasteiger partial charge in [0.2, 0.25) is 5.89 Å². The molecule has 4 nitrogen and oxygen atoms in total. The van der Waals surface area contributed by atoms with E-state index in [0.29, 0.717) is 5.89 Å². The Labute approximate surface area is 137 Å². The number of rotatable bonds is 4. The lowest BCUT2D eigenvalue weighted by Crippen LogP contribution is -2.09. The zero-order chi connectivity index (χ0) is 16.7. The SMILES string of the molecule is CN(C)Cc1cnc(-c2ccccc2-c2ccccc2)o1.CO. The molecule has 1 aromatic heterocycles. The van der Waals surface area contributed by atoms with Gasteiger partial charge in [-0.25, -0.2) is 4.98 Å². The lowest BCUT2D eigenvalue weighted by atomic mass is 10.00. The summed E-state index contributed by atoms with van der Waals surface area (Å²) < 4.78 is 5.89. The van der Waals surface area contributed by atoms with E-state index in [1.807, 2.05) is 50.5 Å². The summed E-state index contributed by atoms with van der Waals surface area (Å²) in [7, 11) is 5.03. The predicted molar refractivity (Wildman–Crippen MR) is 92.9 cm³/mol. The summed E-state index contributed by atoms with van der Waals surface area (Å²) >= 11 is 0. The molecule has 0 amide bonds. The maximum atomic E-state index is 7.00. The highest BCUT2D eigenvalue weighted by molar-refractivity contribution is 5.79. The highest BCUT2D eigenvalue weighted by atomic mass is 16.4. The zero-order valence-electron chi connectivity index (χ0n) is 13.7. The monoisotopic (exact) mass is 310 g/mol. The molecule has 4 heteroatoms. The molecule has 1 heterocycles. The molecule has 0 aliphatic rings. The first-order valence-electron chi connectivity index (χ1n) is 7.43. The summed E-state index contributed by atoms with van der Waals surface area (Å²) in [6.07, 6.45) is 1.80. The van der Waals surface area contributed by atoms with Crippen LogP contribution in [0.3, 0.4) is 0 Å². The molecular formula is C19H22N2O2. The van der Waals surface area contributed by atoms with E-state index in [1.54, 1.807) is 6.20 Å². The zero-order valence-corrected chi connectivity index (χ0v) is 13.7. The van der Waals surface area contributed by atoms with Gasteiger partial charge in [0.1, 0.15) is 5.76 Å². The van der Waals surface area contributed by atoms with Gasteiger partial charge in [0.05, 0.1) is 12.7 Å². The lowest BCUT2D eigenvalue weighted by molar-refractivity contribution is 0.353. The number of oxazole rings is 1. The van der Waals surface area contributed by atoms with Gasteiger partial charge >= 0.3 is 0 Å². The molecule has 0 unspecified atom stereocenters. The molecule has 23 heavy (non-hydrogen) atoms. The summed E-state index contributed by atoms with van der Waals surface area (Å²) in [4.78, 5) is 6.50. The van der Waals surface area contributed by atoms with Crippen molar-refractivity contribution in [2.45, 2.75) is 6.54 Å². The minimum absolute atomic E-state index is 0.673. The Morgan fingerprint density at radius 1 is 0.913 bits per heavy atom. The Bertz CT molecular complexity index is 721. The fourth-order valence-electron chi connectivity index (χ4n) is 2.36. The van der Waals surface area contributed by atoms with Crippen LogP contribution in [0.5, 0.6) is 0 Å². The summed E-state index contributed by atoms with van der Waals surface area (Å²) in [5.41, 5.74) is 3.32. The van der Waals surface area contributed by atoms with E-state index < -0.39 is 0 Å². The number of aliphatic hydroxyl groups excluding tert-OH is 1. The van der Waals surface area contributed by atoms with E-state index in [-0.39, 0.29) is 0 Å². The van der Waals surface area contributed by atoms with Crippen LogP contribution < -0.4 is 0 Å². The largest absolute Gasteiger partial charge is 0.440 e. The lowest BCUT2D eigenvalue weighted by Gasteiger charge is -2.07. The Kier molecular flexibility index (Phi) is 6.09. The first kappa shape index (κ1) is 16.9. The maximum absolute atomic E-state index is 7.00. The molecule has 0 fully saturated rings. The molecule has 120 valence electrons. The van der Waals surface area contributed by atoms with Crippen molar-refractivity contribution in [2.75, 3.05) is 21.2 Å². The third kappa shape index (κ3) is 4.28. The molecule has 3 aromatic rings. The maximum Gasteiger partial charge on any atom is 0.226 e. The Morgan fingerprint density at radius 3 is 2.17 bits per heavy atom. The molecule has 0 atom stereocenters. The van der Waals surface area contributed by atoms with E-state index in [2.05, 4.69) is 28.1 Å². The number of hydrogen-bond acceptors (Lipinski definition) is 4. The van der Waals surface area contributed by atoms with Crippen molar-refractivity contribution >= 4 is 0 Å². The number of nitrogens with zero attached hydrogens (tertiary/aromatic N) is 2. The molecule has 0 spiro atoms. The Morgan fingerprint density at radius 2 is 1.52 bits per heavy atom. The quantitative estimate of drug-likeness (QED) is 0.798. The van der Waals surface area contributed by atoms with Crippen molar-refractivity contribution in [3.63, 3.8) is 0 Å². The third-order valence-electron chi connectivity index (χ3n) is 3.27. The molecule has 0 bridgehead atoms. The number of aromatic nitrogens is 1. The van der Waals surface area contributed by atoms with Gasteiger partial charge in [0.15, 0.2) is 0 Å². The Balaban J connectivity index is 0.000000924. The van der Waals surface area contributed by atoms with Gasteiger partial charge in [0.25, 0.3) is 0 Å². The predicted octanol–water partition coefficient (Wildman–Crippen LogP) is 3.68. The molecule has 0 saturated carbocycles. The van der Waals surface area contributed by atoms with E-state index in [4.69, 9.17) is 9.52 Å². The van der Waals surface area contributed by atoms with Gasteiger partial charge in [0, 0.05) is 12.7 Å². The molecule has 1 N–H and O–H groups in total. The second kappa shape index (κ2) is 8.27. The van der Waals surface area contributed by atoms with E-state index in [1.165, 1.54) is 5.56 Å². The molecule has 0 saturated heterocycles. The minimum Gasteiger partial charge on any atom is -0.440 e. The molecule has 0 aliphatic heterocycles. The van der Waals surface area contributed by atoms with Crippen LogP contribution in [-0.2, 0) is 6.54 Å². The van der Waals surface area contributed by atoms with Gasteiger partial charge in [-0.3, -0.25) is 0 Å². The van der Waals surface area contributed by atoms with Crippen LogP contribution in [0.2, 0.25) is 0 Å². The van der Waals surface area contributed by atoms with E-state index >= 15 is 0 Å². The first-order chi connectivity index (χ1) is 11.2. The van der Waals surface area contributed by atoms with Crippen LogP contribution in [-0.4, -0.2) is 36.2 Å². The minimum atomic E-state index is 0.673. The van der Waals surface area contributed by atoms with Crippen LogP contribution in [0, 0.1) is 0 Å². The van der Waals surface area contributed by atoms with Crippen LogP contribution in [0.15, 0.2) is 65.2 Å². The van der Waals surface area contributed by atoms with Crippen LogP contribution >= 0.6 is 0 Å². The number of hydrogen-bond donors (Lipinski definition) is 1. The Hall–Kier alpha value is -2.43. The van der Waals surface area contributed by atoms with Crippen molar-refractivity contribution in [1.82, 2.24) is 9.88 Å². The number of benzene rings is 2. The summed E-state index contributed by atoms with van der Waals surface area (Å²) in [6.45, 7) is 0.750. The van der Waals surface area contributed by atoms with E-state index in [0.717, 1.165) is 30.5 Å². The van der Waals surface area contributed by atoms with Gasteiger partial charge in [-0.1, -0.05) is 48.5 Å². The standard InChI is InChI=1S/C18H18N2O.CH4O/c1-20(2)13-15-12-19-18(21-15)17-11-7-6-10-16(17)14-8-4-3-5-9-14;1-2/h3-12H,13H2,1-2H3;2H,1H3. The van der Waals surface area contributed by atoms with Gasteiger partial charge in [-0.15, -0.1) is 0 Å². The fraction of sp³-hybridized carbons (Fsp3) is 0.211.